The lowest BCUT2D eigenvalue weighted by atomic mass is 10.1. The van der Waals surface area contributed by atoms with Crippen molar-refractivity contribution in [1.29, 1.82) is 0 Å². The van der Waals surface area contributed by atoms with Crippen LogP contribution in [0.1, 0.15) is 11.1 Å². The highest BCUT2D eigenvalue weighted by atomic mass is 32.1. The molecule has 7 heteroatoms. The zero-order valence-corrected chi connectivity index (χ0v) is 18.7. The molecular formula is C23H28N4O2S. The van der Waals surface area contributed by atoms with Crippen LogP contribution in [-0.4, -0.2) is 54.2 Å². The zero-order valence-electron chi connectivity index (χ0n) is 17.9. The normalized spacial score (nSPS) is 11.0. The van der Waals surface area contributed by atoms with Gasteiger partial charge in [0, 0.05) is 30.4 Å². The number of aromatic amines is 1. The third kappa shape index (κ3) is 5.58. The molecule has 3 rings (SSSR count). The van der Waals surface area contributed by atoms with Gasteiger partial charge in [0.15, 0.2) is 5.11 Å². The number of hydrogen-bond donors (Lipinski definition) is 2. The van der Waals surface area contributed by atoms with E-state index in [2.05, 4.69) is 15.2 Å². The summed E-state index contributed by atoms with van der Waals surface area (Å²) in [6, 6.07) is 15.7. The molecule has 1 heterocycles. The summed E-state index contributed by atoms with van der Waals surface area (Å²) in [6.07, 6.45) is 0. The molecule has 0 atom stereocenters. The Hall–Kier alpha value is -2.90. The molecule has 2 N–H and O–H groups in total. The SMILES string of the molecule is COc1ccc2cc(CN(CCN(C)C)C(=S)Nc3ccc(C)cc3)c(=O)[nH]c2c1. The number of nitrogens with one attached hydrogen (secondary N) is 2. The highest BCUT2D eigenvalue weighted by Crippen LogP contribution is 2.19. The lowest BCUT2D eigenvalue weighted by Gasteiger charge is -2.27. The van der Waals surface area contributed by atoms with E-state index in [1.165, 1.54) is 5.56 Å². The third-order valence-corrected chi connectivity index (χ3v) is 5.26. The number of pyridine rings is 1. The fourth-order valence-electron chi connectivity index (χ4n) is 3.09. The molecule has 0 fully saturated rings. The number of anilines is 1. The van der Waals surface area contributed by atoms with E-state index in [9.17, 15) is 4.79 Å². The molecule has 6 nitrogen and oxygen atoms in total. The largest absolute Gasteiger partial charge is 0.497 e. The molecule has 3 aromatic rings. The number of aromatic nitrogens is 1. The standard InChI is InChI=1S/C23H28N4O2S/c1-16-5-8-19(9-6-16)24-23(30)27(12-11-26(2)3)15-18-13-17-7-10-20(29-4)14-21(17)25-22(18)28/h5-10,13-14H,11-12,15H2,1-4H3,(H,24,30)(H,25,28). The zero-order chi connectivity index (χ0) is 21.7. The lowest BCUT2D eigenvalue weighted by molar-refractivity contribution is 0.327. The van der Waals surface area contributed by atoms with Gasteiger partial charge in [-0.15, -0.1) is 0 Å². The van der Waals surface area contributed by atoms with E-state index >= 15 is 0 Å². The second-order valence-corrected chi connectivity index (χ2v) is 7.98. The van der Waals surface area contributed by atoms with Gasteiger partial charge < -0.3 is 24.8 Å². The highest BCUT2D eigenvalue weighted by Gasteiger charge is 2.14. The van der Waals surface area contributed by atoms with Gasteiger partial charge in [0.05, 0.1) is 19.2 Å². The topological polar surface area (TPSA) is 60.6 Å². The Morgan fingerprint density at radius 2 is 1.83 bits per heavy atom. The first-order chi connectivity index (χ1) is 14.4. The van der Waals surface area contributed by atoms with Crippen LogP contribution < -0.4 is 15.6 Å². The summed E-state index contributed by atoms with van der Waals surface area (Å²) < 4.78 is 5.25. The van der Waals surface area contributed by atoms with Crippen LogP contribution in [0.5, 0.6) is 5.75 Å². The van der Waals surface area contributed by atoms with Crippen molar-refractivity contribution in [2.75, 3.05) is 39.6 Å². The molecule has 30 heavy (non-hydrogen) atoms. The summed E-state index contributed by atoms with van der Waals surface area (Å²) in [5, 5.41) is 4.84. The first-order valence-corrected chi connectivity index (χ1v) is 10.2. The number of ether oxygens (including phenoxy) is 1. The Morgan fingerprint density at radius 1 is 1.10 bits per heavy atom. The van der Waals surface area contributed by atoms with Crippen LogP contribution in [0.3, 0.4) is 0 Å². The molecule has 0 saturated carbocycles. The Morgan fingerprint density at radius 3 is 2.50 bits per heavy atom. The second-order valence-electron chi connectivity index (χ2n) is 7.60. The maximum absolute atomic E-state index is 12.7. The van der Waals surface area contributed by atoms with Crippen LogP contribution in [0.15, 0.2) is 53.3 Å². The molecule has 0 aliphatic rings. The number of H-pyrrole nitrogens is 1. The van der Waals surface area contributed by atoms with E-state index in [0.717, 1.165) is 23.1 Å². The number of methoxy groups -OCH3 is 1. The smallest absolute Gasteiger partial charge is 0.253 e. The summed E-state index contributed by atoms with van der Waals surface area (Å²) in [6.45, 7) is 3.99. The van der Waals surface area contributed by atoms with E-state index in [1.54, 1.807) is 7.11 Å². The van der Waals surface area contributed by atoms with Gasteiger partial charge in [0.2, 0.25) is 0 Å². The van der Waals surface area contributed by atoms with Crippen molar-refractivity contribution in [2.45, 2.75) is 13.5 Å². The fourth-order valence-corrected chi connectivity index (χ4v) is 3.36. The molecule has 2 aromatic carbocycles. The minimum Gasteiger partial charge on any atom is -0.497 e. The summed E-state index contributed by atoms with van der Waals surface area (Å²) in [5.41, 5.74) is 3.42. The van der Waals surface area contributed by atoms with Crippen molar-refractivity contribution < 1.29 is 4.74 Å². The van der Waals surface area contributed by atoms with Gasteiger partial charge in [-0.25, -0.2) is 0 Å². The summed E-state index contributed by atoms with van der Waals surface area (Å²) in [5.74, 6) is 0.710. The number of hydrogen-bond acceptors (Lipinski definition) is 4. The molecule has 0 saturated heterocycles. The monoisotopic (exact) mass is 424 g/mol. The van der Waals surface area contributed by atoms with Crippen molar-refractivity contribution in [3.63, 3.8) is 0 Å². The van der Waals surface area contributed by atoms with Crippen molar-refractivity contribution in [3.8, 4) is 5.75 Å². The molecule has 0 aliphatic carbocycles. The molecule has 0 aliphatic heterocycles. The molecule has 0 radical (unpaired) electrons. The molecule has 0 bridgehead atoms. The number of nitrogens with zero attached hydrogens (tertiary/aromatic N) is 2. The molecule has 158 valence electrons. The third-order valence-electron chi connectivity index (χ3n) is 4.90. The van der Waals surface area contributed by atoms with Crippen LogP contribution >= 0.6 is 12.2 Å². The van der Waals surface area contributed by atoms with Crippen LogP contribution in [-0.2, 0) is 6.54 Å². The predicted molar refractivity (Wildman–Crippen MR) is 127 cm³/mol. The van der Waals surface area contributed by atoms with Crippen molar-refractivity contribution in [2.24, 2.45) is 0 Å². The fraction of sp³-hybridized carbons (Fsp3) is 0.304. The Labute approximate surface area is 182 Å². The quantitative estimate of drug-likeness (QED) is 0.565. The Bertz CT molecular complexity index is 1080. The molecule has 0 amide bonds. The molecule has 0 unspecified atom stereocenters. The summed E-state index contributed by atoms with van der Waals surface area (Å²) >= 11 is 5.68. The van der Waals surface area contributed by atoms with Gasteiger partial charge in [-0.3, -0.25) is 4.79 Å². The van der Waals surface area contributed by atoms with Gasteiger partial charge in [0.1, 0.15) is 5.75 Å². The number of likely N-dealkylation sites (N-methyl/N-ethyl adjacent to an activating group) is 1. The van der Waals surface area contributed by atoms with Gasteiger partial charge in [-0.2, -0.15) is 0 Å². The van der Waals surface area contributed by atoms with Crippen LogP contribution in [0.2, 0.25) is 0 Å². The molecule has 1 aromatic heterocycles. The minimum absolute atomic E-state index is 0.122. The van der Waals surface area contributed by atoms with Gasteiger partial charge in [0.25, 0.3) is 5.56 Å². The maximum atomic E-state index is 12.7. The predicted octanol–water partition coefficient (Wildman–Crippen LogP) is 3.61. The molecule has 0 spiro atoms. The van der Waals surface area contributed by atoms with Crippen LogP contribution in [0.4, 0.5) is 5.69 Å². The van der Waals surface area contributed by atoms with Crippen LogP contribution in [0, 0.1) is 6.92 Å². The van der Waals surface area contributed by atoms with Crippen molar-refractivity contribution >= 4 is 33.9 Å². The number of aryl methyl sites for hydroxylation is 1. The minimum atomic E-state index is -0.122. The van der Waals surface area contributed by atoms with Crippen molar-refractivity contribution in [3.05, 3.63) is 70.0 Å². The van der Waals surface area contributed by atoms with E-state index in [-0.39, 0.29) is 5.56 Å². The van der Waals surface area contributed by atoms with E-state index in [0.29, 0.717) is 29.5 Å². The summed E-state index contributed by atoms with van der Waals surface area (Å²) in [7, 11) is 5.65. The first-order valence-electron chi connectivity index (χ1n) is 9.83. The van der Waals surface area contributed by atoms with E-state index in [1.807, 2.05) is 74.4 Å². The van der Waals surface area contributed by atoms with Gasteiger partial charge in [-0.05, 0) is 69.0 Å². The highest BCUT2D eigenvalue weighted by molar-refractivity contribution is 7.80. The lowest BCUT2D eigenvalue weighted by Crippen LogP contribution is -2.40. The Balaban J connectivity index is 1.84. The summed E-state index contributed by atoms with van der Waals surface area (Å²) in [4.78, 5) is 19.8. The number of rotatable bonds is 7. The van der Waals surface area contributed by atoms with Crippen LogP contribution in [0.25, 0.3) is 10.9 Å². The first kappa shape index (κ1) is 21.8. The number of thiocarbonyl (C=S) groups is 1. The molecular weight excluding hydrogens is 396 g/mol. The average molecular weight is 425 g/mol. The number of benzene rings is 2. The maximum Gasteiger partial charge on any atom is 0.253 e. The van der Waals surface area contributed by atoms with Crippen molar-refractivity contribution in [1.82, 2.24) is 14.8 Å². The van der Waals surface area contributed by atoms with Gasteiger partial charge >= 0.3 is 0 Å². The van der Waals surface area contributed by atoms with E-state index in [4.69, 9.17) is 17.0 Å². The van der Waals surface area contributed by atoms with E-state index < -0.39 is 0 Å². The van der Waals surface area contributed by atoms with Gasteiger partial charge in [-0.1, -0.05) is 17.7 Å². The average Bonchev–Trinajstić information content (AvgIpc) is 2.72. The number of fused-ring (bicyclic) bond motifs is 1. The second kappa shape index (κ2) is 9.73. The Kier molecular flexibility index (Phi) is 7.07.